The van der Waals surface area contributed by atoms with Crippen molar-refractivity contribution < 1.29 is 51.6 Å². The quantitative estimate of drug-likeness (QED) is 0.370. The van der Waals surface area contributed by atoms with Crippen molar-refractivity contribution in [3.8, 4) is 0 Å². The van der Waals surface area contributed by atoms with E-state index >= 15 is 0 Å². The molecule has 0 fully saturated rings. The molecule has 0 saturated carbocycles. The van der Waals surface area contributed by atoms with Gasteiger partial charge >= 0.3 is 23.0 Å². The molecular weight excluding hydrogens is 253 g/mol. The molecule has 1 atom stereocenters. The number of rotatable bonds is 5. The molecule has 1 unspecified atom stereocenters. The van der Waals surface area contributed by atoms with Gasteiger partial charge < -0.3 is 29.7 Å². The number of hydrogen-bond acceptors (Lipinski definition) is 8. The largest absolute Gasteiger partial charge is 2.00 e. The average molecular weight is 260 g/mol. The summed E-state index contributed by atoms with van der Waals surface area (Å²) in [6.45, 7) is 0. The number of aliphatic carboxylic acids is 2. The number of carboxylic acids is 2. The van der Waals surface area contributed by atoms with Crippen LogP contribution in [0.25, 0.3) is 0 Å². The summed E-state index contributed by atoms with van der Waals surface area (Å²) in [6, 6.07) is 0. The van der Waals surface area contributed by atoms with Crippen molar-refractivity contribution in [3.05, 3.63) is 0 Å². The molecule has 0 aromatic carbocycles. The molecule has 0 aliphatic rings. The molecule has 0 heterocycles. The fourth-order valence-corrected chi connectivity index (χ4v) is 0.726. The maximum Gasteiger partial charge on any atom is 2.00 e. The van der Waals surface area contributed by atoms with Gasteiger partial charge in [0.15, 0.2) is 0 Å². The summed E-state index contributed by atoms with van der Waals surface area (Å²) in [7, 11) is 0. The smallest absolute Gasteiger partial charge is 0.550 e. The molecule has 1 radical (unpaired) electrons. The Kier molecular flexibility index (Phi) is 6.90. The van der Waals surface area contributed by atoms with Crippen molar-refractivity contribution in [1.29, 1.82) is 0 Å². The molecule has 0 aliphatic carbocycles. The Morgan fingerprint density at radius 1 is 1.27 bits per heavy atom. The van der Waals surface area contributed by atoms with Crippen LogP contribution in [0.3, 0.4) is 0 Å². The van der Waals surface area contributed by atoms with Crippen LogP contribution < -0.4 is 16.1 Å². The molecule has 0 spiro atoms. The van der Waals surface area contributed by atoms with Crippen LogP contribution in [0.2, 0.25) is 0 Å². The molecule has 0 rings (SSSR count). The number of carboxylic acid groups (broad SMARTS) is 2. The molecule has 15 heavy (non-hydrogen) atoms. The van der Waals surface area contributed by atoms with Gasteiger partial charge in [-0.15, -0.1) is 0 Å². The fraction of sp³-hybridized carbons (Fsp3) is 0.500. The summed E-state index contributed by atoms with van der Waals surface area (Å²) in [5, 5.41) is 29.5. The van der Waals surface area contributed by atoms with Gasteiger partial charge in [-0.1, -0.05) is 0 Å². The van der Waals surface area contributed by atoms with Gasteiger partial charge in [0.1, 0.15) is 5.60 Å². The number of carbonyl (C=O) groups is 3. The van der Waals surface area contributed by atoms with Crippen LogP contribution in [0.4, 0.5) is 0 Å². The second-order valence-corrected chi connectivity index (χ2v) is 2.53. The van der Waals surface area contributed by atoms with Crippen LogP contribution in [0.1, 0.15) is 12.8 Å². The molecule has 0 saturated heterocycles. The predicted octanol–water partition coefficient (Wildman–Crippen LogP) is -4.59. The van der Waals surface area contributed by atoms with Crippen LogP contribution in [0.15, 0.2) is 0 Å². The van der Waals surface area contributed by atoms with Crippen molar-refractivity contribution in [3.63, 3.8) is 0 Å². The minimum absolute atomic E-state index is 0. The molecule has 0 aliphatic heterocycles. The topological polar surface area (TPSA) is 153 Å². The van der Waals surface area contributed by atoms with Crippen LogP contribution >= 0.6 is 0 Å². The molecule has 0 aromatic heterocycles. The molecule has 9 heteroatoms. The van der Waals surface area contributed by atoms with Crippen molar-refractivity contribution in [2.45, 2.75) is 18.4 Å². The van der Waals surface area contributed by atoms with Crippen LogP contribution in [0, 0.1) is 0 Å². The summed E-state index contributed by atoms with van der Waals surface area (Å²) in [5.41, 5.74) is -2.87. The second kappa shape index (κ2) is 6.35. The minimum atomic E-state index is -2.87. The fourth-order valence-electron chi connectivity index (χ4n) is 0.726. The summed E-state index contributed by atoms with van der Waals surface area (Å²) in [6.07, 6.45) is -2.41. The first kappa shape index (κ1) is 16.3. The van der Waals surface area contributed by atoms with E-state index in [1.807, 2.05) is 0 Å². The van der Waals surface area contributed by atoms with Gasteiger partial charge in [-0.2, -0.15) is 5.90 Å². The molecule has 0 amide bonds. The summed E-state index contributed by atoms with van der Waals surface area (Å²) >= 11 is 0. The minimum Gasteiger partial charge on any atom is -0.550 e. The summed E-state index contributed by atoms with van der Waals surface area (Å²) < 4.78 is 0. The molecule has 3 N–H and O–H groups in total. The monoisotopic (exact) mass is 260 g/mol. The van der Waals surface area contributed by atoms with Gasteiger partial charge in [-0.3, -0.25) is 4.79 Å². The van der Waals surface area contributed by atoms with E-state index in [2.05, 4.69) is 10.7 Å². The third-order valence-electron chi connectivity index (χ3n) is 1.38. The zero-order valence-electron chi connectivity index (χ0n) is 7.27. The SMILES string of the molecule is NOC(=O)CC(O)(CC(=O)[O-])C(=O)[O-].[Mn+2]. The average Bonchev–Trinajstić information content (AvgIpc) is 2.02. The molecule has 0 bridgehead atoms. The first-order chi connectivity index (χ1) is 6.31. The number of aliphatic hydroxyl groups is 1. The van der Waals surface area contributed by atoms with E-state index in [1.165, 1.54) is 0 Å². The molecular formula is C6H7MnNO7. The Morgan fingerprint density at radius 3 is 2.00 bits per heavy atom. The maximum atomic E-state index is 10.5. The summed E-state index contributed by atoms with van der Waals surface area (Å²) in [5.74, 6) is -0.871. The predicted molar refractivity (Wildman–Crippen MR) is 34.5 cm³/mol. The maximum absolute atomic E-state index is 10.5. The van der Waals surface area contributed by atoms with Gasteiger partial charge in [0, 0.05) is 12.4 Å². The number of nitrogens with two attached hydrogens (primary N) is 1. The zero-order chi connectivity index (χ0) is 11.4. The van der Waals surface area contributed by atoms with Gasteiger partial charge in [0.05, 0.1) is 12.4 Å². The van der Waals surface area contributed by atoms with Gasteiger partial charge in [0.2, 0.25) is 0 Å². The number of hydrogen-bond donors (Lipinski definition) is 2. The first-order valence-corrected chi connectivity index (χ1v) is 3.35. The van der Waals surface area contributed by atoms with Crippen LogP contribution in [0.5, 0.6) is 0 Å². The van der Waals surface area contributed by atoms with E-state index in [4.69, 9.17) is 5.11 Å². The zero-order valence-corrected chi connectivity index (χ0v) is 8.45. The Balaban J connectivity index is 0. The normalized spacial score (nSPS) is 13.2. The third kappa shape index (κ3) is 5.33. The molecule has 85 valence electrons. The van der Waals surface area contributed by atoms with Crippen molar-refractivity contribution in [2.75, 3.05) is 0 Å². The van der Waals surface area contributed by atoms with E-state index in [0.717, 1.165) is 0 Å². The summed E-state index contributed by atoms with van der Waals surface area (Å²) in [4.78, 5) is 34.4. The van der Waals surface area contributed by atoms with Crippen LogP contribution in [-0.2, 0) is 36.3 Å². The Hall–Kier alpha value is -1.15. The van der Waals surface area contributed by atoms with E-state index in [-0.39, 0.29) is 17.1 Å². The first-order valence-electron chi connectivity index (χ1n) is 3.35. The van der Waals surface area contributed by atoms with Gasteiger partial charge in [-0.05, 0) is 0 Å². The van der Waals surface area contributed by atoms with E-state index in [0.29, 0.717) is 0 Å². The van der Waals surface area contributed by atoms with Crippen molar-refractivity contribution in [1.82, 2.24) is 0 Å². The molecule has 0 aromatic rings. The Morgan fingerprint density at radius 2 is 1.73 bits per heavy atom. The van der Waals surface area contributed by atoms with Crippen molar-refractivity contribution >= 4 is 17.9 Å². The van der Waals surface area contributed by atoms with E-state index in [9.17, 15) is 24.6 Å². The van der Waals surface area contributed by atoms with Gasteiger partial charge in [0.25, 0.3) is 0 Å². The van der Waals surface area contributed by atoms with Crippen LogP contribution in [-0.4, -0.2) is 28.6 Å². The second-order valence-electron chi connectivity index (χ2n) is 2.53. The Labute approximate surface area is 94.4 Å². The molecule has 8 nitrogen and oxygen atoms in total. The number of carbonyl (C=O) groups excluding carboxylic acids is 3. The van der Waals surface area contributed by atoms with Gasteiger partial charge in [-0.25, -0.2) is 0 Å². The van der Waals surface area contributed by atoms with E-state index in [1.54, 1.807) is 0 Å². The standard InChI is InChI=1S/C6H9NO7.Mn/c7-14-4(10)2-6(13,5(11)12)1-3(8)9;/h13H,1-2,7H2,(H,8,9)(H,11,12);/q;+2/p-2. The Bertz CT molecular complexity index is 268. The third-order valence-corrected chi connectivity index (χ3v) is 1.38. The van der Waals surface area contributed by atoms with Crippen molar-refractivity contribution in [2.24, 2.45) is 5.90 Å². The van der Waals surface area contributed by atoms with E-state index < -0.39 is 36.4 Å².